The normalized spacial score (nSPS) is 25.6. The Labute approximate surface area is 135 Å². The minimum Gasteiger partial charge on any atom is -0.448 e. The van der Waals surface area contributed by atoms with Crippen molar-refractivity contribution in [2.24, 2.45) is 0 Å². The molecule has 0 spiro atoms. The molecule has 2 atom stereocenters. The van der Waals surface area contributed by atoms with Gasteiger partial charge in [0.05, 0.1) is 12.1 Å². The number of halogens is 3. The fraction of sp³-hybridized carbons (Fsp3) is 0.133. The molecule has 1 aliphatic rings. The summed E-state index contributed by atoms with van der Waals surface area (Å²) in [7, 11) is 0. The maximum Gasteiger partial charge on any atom is 0.203 e. The first kappa shape index (κ1) is 13.9. The Hall–Kier alpha value is -1.03. The van der Waals surface area contributed by atoms with Gasteiger partial charge in [-0.2, -0.15) is 0 Å². The fourth-order valence-electron chi connectivity index (χ4n) is 2.30. The molecule has 1 aliphatic carbocycles. The van der Waals surface area contributed by atoms with Crippen molar-refractivity contribution in [2.75, 3.05) is 0 Å². The van der Waals surface area contributed by atoms with E-state index < -0.39 is 4.87 Å². The summed E-state index contributed by atoms with van der Waals surface area (Å²) in [6.07, 6.45) is 8.77. The zero-order chi connectivity index (χ0) is 14.2. The van der Waals surface area contributed by atoms with Crippen LogP contribution in [0.25, 0.3) is 0 Å². The quantitative estimate of drug-likeness (QED) is 0.666. The number of alkyl halides is 1. The maximum atomic E-state index is 6.89. The molecule has 2 unspecified atom stereocenters. The second-order valence-corrected chi connectivity index (χ2v) is 6.39. The van der Waals surface area contributed by atoms with Gasteiger partial charge in [0.2, 0.25) is 5.89 Å². The average Bonchev–Trinajstić information content (AvgIpc) is 2.96. The van der Waals surface area contributed by atoms with Crippen LogP contribution in [0.4, 0.5) is 0 Å². The largest absolute Gasteiger partial charge is 0.448 e. The minimum atomic E-state index is -0.901. The van der Waals surface area contributed by atoms with Crippen LogP contribution in [0.1, 0.15) is 17.4 Å². The van der Waals surface area contributed by atoms with Gasteiger partial charge in [0, 0.05) is 9.51 Å². The van der Waals surface area contributed by atoms with Gasteiger partial charge in [-0.25, -0.2) is 4.98 Å². The van der Waals surface area contributed by atoms with E-state index in [1.807, 2.05) is 36.4 Å². The molecule has 3 rings (SSSR count). The van der Waals surface area contributed by atoms with Crippen LogP contribution in [0.2, 0.25) is 0 Å². The molecule has 0 amide bonds. The van der Waals surface area contributed by atoms with E-state index in [-0.39, 0.29) is 5.92 Å². The molecule has 0 saturated heterocycles. The predicted octanol–water partition coefficient (Wildman–Crippen LogP) is 5.35. The number of nitrogens with zero attached hydrogens (tertiary/aromatic N) is 1. The van der Waals surface area contributed by atoms with Gasteiger partial charge < -0.3 is 4.42 Å². The van der Waals surface area contributed by atoms with Crippen LogP contribution in [0.15, 0.2) is 68.9 Å². The van der Waals surface area contributed by atoms with Crippen LogP contribution in [0.3, 0.4) is 0 Å². The molecule has 2 aromatic rings. The van der Waals surface area contributed by atoms with Crippen LogP contribution in [-0.4, -0.2) is 4.98 Å². The van der Waals surface area contributed by atoms with Gasteiger partial charge in [-0.15, -0.1) is 11.6 Å². The van der Waals surface area contributed by atoms with Crippen molar-refractivity contribution in [1.29, 1.82) is 0 Å². The molecule has 0 bridgehead atoms. The molecule has 0 radical (unpaired) electrons. The summed E-state index contributed by atoms with van der Waals surface area (Å²) < 4.78 is 6.41. The number of benzene rings is 1. The van der Waals surface area contributed by atoms with Crippen molar-refractivity contribution < 1.29 is 4.42 Å². The number of aromatic nitrogens is 1. The van der Waals surface area contributed by atoms with E-state index in [2.05, 4.69) is 20.9 Å². The first-order chi connectivity index (χ1) is 9.62. The smallest absolute Gasteiger partial charge is 0.203 e. The van der Waals surface area contributed by atoms with Crippen molar-refractivity contribution in [3.05, 3.63) is 75.9 Å². The third-order valence-corrected chi connectivity index (χ3v) is 5.01. The van der Waals surface area contributed by atoms with Crippen LogP contribution in [-0.2, 0) is 4.87 Å². The van der Waals surface area contributed by atoms with Gasteiger partial charge in [-0.3, -0.25) is 0 Å². The Morgan fingerprint density at radius 1 is 1.25 bits per heavy atom. The molecule has 1 aromatic heterocycles. The Balaban J connectivity index is 2.13. The second-order valence-electron chi connectivity index (χ2n) is 4.47. The molecule has 2 nitrogen and oxygen atoms in total. The highest BCUT2D eigenvalue weighted by Crippen LogP contribution is 2.52. The lowest BCUT2D eigenvalue weighted by Crippen LogP contribution is -2.29. The van der Waals surface area contributed by atoms with Gasteiger partial charge in [-0.05, 0) is 23.8 Å². The number of rotatable bonds is 2. The average molecular weight is 371 g/mol. The summed E-state index contributed by atoms with van der Waals surface area (Å²) in [5.41, 5.74) is 0.899. The first-order valence-corrected chi connectivity index (χ1v) is 7.56. The molecule has 5 heteroatoms. The Kier molecular flexibility index (Phi) is 3.76. The van der Waals surface area contributed by atoms with E-state index >= 15 is 0 Å². The highest BCUT2D eigenvalue weighted by molar-refractivity contribution is 9.10. The number of oxazole rings is 1. The summed E-state index contributed by atoms with van der Waals surface area (Å²) in [5, 5.41) is 0.548. The monoisotopic (exact) mass is 369 g/mol. The summed E-state index contributed by atoms with van der Waals surface area (Å²) >= 11 is 16.7. The molecule has 102 valence electrons. The molecule has 0 fully saturated rings. The van der Waals surface area contributed by atoms with Crippen molar-refractivity contribution in [3.8, 4) is 0 Å². The SMILES string of the molecule is ClC1=CC=CC(c2ncco2)C1(Cl)c1ccc(Br)cc1. The second kappa shape index (κ2) is 5.40. The third-order valence-electron chi connectivity index (χ3n) is 3.30. The van der Waals surface area contributed by atoms with Crippen LogP contribution in [0, 0.1) is 0 Å². The molecule has 0 N–H and O–H groups in total. The Morgan fingerprint density at radius 2 is 2.00 bits per heavy atom. The Morgan fingerprint density at radius 3 is 2.65 bits per heavy atom. The minimum absolute atomic E-state index is 0.252. The van der Waals surface area contributed by atoms with E-state index in [4.69, 9.17) is 27.6 Å². The van der Waals surface area contributed by atoms with Gasteiger partial charge >= 0.3 is 0 Å². The lowest BCUT2D eigenvalue weighted by Gasteiger charge is -2.34. The molecule has 1 heterocycles. The molecule has 1 aromatic carbocycles. The van der Waals surface area contributed by atoms with Gasteiger partial charge in [0.15, 0.2) is 0 Å². The molecule has 0 aliphatic heterocycles. The highest BCUT2D eigenvalue weighted by Gasteiger charge is 2.44. The van der Waals surface area contributed by atoms with Crippen molar-refractivity contribution >= 4 is 39.1 Å². The molecular weight excluding hydrogens is 361 g/mol. The van der Waals surface area contributed by atoms with E-state index in [9.17, 15) is 0 Å². The lowest BCUT2D eigenvalue weighted by molar-refractivity contribution is 0.442. The van der Waals surface area contributed by atoms with Crippen LogP contribution in [0.5, 0.6) is 0 Å². The van der Waals surface area contributed by atoms with Crippen molar-refractivity contribution in [1.82, 2.24) is 4.98 Å². The zero-order valence-electron chi connectivity index (χ0n) is 10.3. The topological polar surface area (TPSA) is 26.0 Å². The van der Waals surface area contributed by atoms with Crippen molar-refractivity contribution in [3.63, 3.8) is 0 Å². The zero-order valence-corrected chi connectivity index (χ0v) is 13.4. The molecule has 0 saturated carbocycles. The number of hydrogen-bond donors (Lipinski definition) is 0. The van der Waals surface area contributed by atoms with E-state index in [0.29, 0.717) is 10.9 Å². The van der Waals surface area contributed by atoms with E-state index in [0.717, 1.165) is 10.0 Å². The number of hydrogen-bond acceptors (Lipinski definition) is 2. The predicted molar refractivity (Wildman–Crippen MR) is 84.0 cm³/mol. The summed E-state index contributed by atoms with van der Waals surface area (Å²) in [5.74, 6) is 0.295. The lowest BCUT2D eigenvalue weighted by atomic mass is 9.81. The summed E-state index contributed by atoms with van der Waals surface area (Å²) in [6.45, 7) is 0. The first-order valence-electron chi connectivity index (χ1n) is 6.01. The molecular formula is C15H10BrCl2NO. The highest BCUT2D eigenvalue weighted by atomic mass is 79.9. The number of allylic oxidation sites excluding steroid dienone is 4. The fourth-order valence-corrected chi connectivity index (χ4v) is 3.22. The molecule has 20 heavy (non-hydrogen) atoms. The standard InChI is InChI=1S/C15H10BrCl2NO/c16-11-6-4-10(5-7-11)15(18)12(2-1-3-13(15)17)14-19-8-9-20-14/h1-9,12H. The van der Waals surface area contributed by atoms with E-state index in [1.165, 1.54) is 6.26 Å². The van der Waals surface area contributed by atoms with Crippen LogP contribution >= 0.6 is 39.1 Å². The van der Waals surface area contributed by atoms with Gasteiger partial charge in [-0.1, -0.05) is 51.8 Å². The third kappa shape index (κ3) is 2.24. The Bertz CT molecular complexity index is 664. The van der Waals surface area contributed by atoms with Crippen LogP contribution < -0.4 is 0 Å². The van der Waals surface area contributed by atoms with Crippen molar-refractivity contribution in [2.45, 2.75) is 10.8 Å². The summed E-state index contributed by atoms with van der Waals surface area (Å²) in [6, 6.07) is 7.77. The van der Waals surface area contributed by atoms with Gasteiger partial charge in [0.1, 0.15) is 11.1 Å². The van der Waals surface area contributed by atoms with Gasteiger partial charge in [0.25, 0.3) is 0 Å². The summed E-state index contributed by atoms with van der Waals surface area (Å²) in [4.78, 5) is 3.31. The maximum absolute atomic E-state index is 6.89. The van der Waals surface area contributed by atoms with E-state index in [1.54, 1.807) is 12.3 Å².